The Hall–Kier alpha value is -2.51. The van der Waals surface area contributed by atoms with Crippen molar-refractivity contribution in [1.82, 2.24) is 15.2 Å². The Bertz CT molecular complexity index is 858. The lowest BCUT2D eigenvalue weighted by Gasteiger charge is -2.01. The molecule has 0 fully saturated rings. The van der Waals surface area contributed by atoms with Crippen LogP contribution in [-0.2, 0) is 0 Å². The number of nitrogens with one attached hydrogen (secondary N) is 1. The second-order valence-corrected chi connectivity index (χ2v) is 5.98. The molecule has 0 unspecified atom stereocenters. The number of hydrogen-bond donors (Lipinski definition) is 2. The van der Waals surface area contributed by atoms with Gasteiger partial charge in [-0.05, 0) is 18.2 Å². The van der Waals surface area contributed by atoms with Crippen LogP contribution < -0.4 is 0 Å². The first-order valence-corrected chi connectivity index (χ1v) is 7.63. The van der Waals surface area contributed by atoms with Gasteiger partial charge in [0.25, 0.3) is 0 Å². The monoisotopic (exact) mass is 347 g/mol. The average molecular weight is 348 g/mol. The van der Waals surface area contributed by atoms with Crippen molar-refractivity contribution < 1.29 is 14.3 Å². The van der Waals surface area contributed by atoms with E-state index in [1.165, 1.54) is 30.6 Å². The number of hydrogen-bond acceptors (Lipinski definition) is 6. The molecule has 0 aliphatic heterocycles. The number of aromatic nitrogens is 3. The fourth-order valence-electron chi connectivity index (χ4n) is 1.80. The Morgan fingerprint density at radius 2 is 2.26 bits per heavy atom. The van der Waals surface area contributed by atoms with E-state index in [0.717, 1.165) is 11.0 Å². The summed E-state index contributed by atoms with van der Waals surface area (Å²) in [6, 6.07) is 7.25. The predicted molar refractivity (Wildman–Crippen MR) is 85.6 cm³/mol. The van der Waals surface area contributed by atoms with Gasteiger partial charge in [-0.1, -0.05) is 29.4 Å². The summed E-state index contributed by atoms with van der Waals surface area (Å²) in [6.45, 7) is 0. The molecule has 2 N–H and O–H groups in total. The number of aromatic amines is 1. The molecule has 23 heavy (non-hydrogen) atoms. The van der Waals surface area contributed by atoms with Crippen LogP contribution in [0.5, 0.6) is 0 Å². The average Bonchev–Trinajstić information content (AvgIpc) is 3.18. The highest BCUT2D eigenvalue weighted by Crippen LogP contribution is 2.33. The fourth-order valence-corrected chi connectivity index (χ4v) is 3.00. The number of ketones is 1. The minimum absolute atomic E-state index is 0.0471. The zero-order valence-corrected chi connectivity index (χ0v) is 13.1. The predicted octanol–water partition coefficient (Wildman–Crippen LogP) is 3.98. The Kier molecular flexibility index (Phi) is 4.50. The van der Waals surface area contributed by atoms with Crippen LogP contribution in [0.3, 0.4) is 0 Å². The summed E-state index contributed by atoms with van der Waals surface area (Å²) >= 11 is 7.29. The fraction of sp³-hybridized carbons (Fsp3) is 0. The highest BCUT2D eigenvalue weighted by Gasteiger charge is 2.16. The molecule has 0 spiro atoms. The van der Waals surface area contributed by atoms with E-state index >= 15 is 0 Å². The number of benzene rings is 1. The van der Waals surface area contributed by atoms with Crippen LogP contribution in [0.15, 0.2) is 63.4 Å². The third kappa shape index (κ3) is 3.64. The van der Waals surface area contributed by atoms with Crippen LogP contribution in [0.4, 0.5) is 0 Å². The maximum absolute atomic E-state index is 12.3. The zero-order valence-electron chi connectivity index (χ0n) is 11.6. The van der Waals surface area contributed by atoms with Gasteiger partial charge < -0.3 is 9.52 Å². The van der Waals surface area contributed by atoms with Crippen LogP contribution in [0, 0.1) is 0 Å². The van der Waals surface area contributed by atoms with Crippen LogP contribution in [-0.4, -0.2) is 26.1 Å². The quantitative estimate of drug-likeness (QED) is 0.412. The number of rotatable bonds is 5. The largest absolute Gasteiger partial charge is 0.504 e. The number of carbonyl (C=O) groups excluding carboxylic acids is 1. The van der Waals surface area contributed by atoms with Crippen molar-refractivity contribution in [2.45, 2.75) is 9.79 Å². The van der Waals surface area contributed by atoms with E-state index < -0.39 is 5.78 Å². The number of halogens is 1. The van der Waals surface area contributed by atoms with Gasteiger partial charge in [-0.2, -0.15) is 5.10 Å². The first kappa shape index (κ1) is 15.4. The van der Waals surface area contributed by atoms with E-state index in [2.05, 4.69) is 15.2 Å². The molecule has 0 amide bonds. The van der Waals surface area contributed by atoms with Crippen molar-refractivity contribution in [3.8, 4) is 0 Å². The highest BCUT2D eigenvalue weighted by molar-refractivity contribution is 7.99. The number of aliphatic hydroxyl groups is 1. The third-order valence-corrected chi connectivity index (χ3v) is 4.09. The van der Waals surface area contributed by atoms with E-state index in [-0.39, 0.29) is 11.6 Å². The van der Waals surface area contributed by atoms with Gasteiger partial charge in [0.05, 0.1) is 10.5 Å². The minimum atomic E-state index is -0.412. The minimum Gasteiger partial charge on any atom is -0.504 e. The molecular formula is C15H10ClN3O3S. The first-order valence-electron chi connectivity index (χ1n) is 6.44. The molecule has 2 aromatic heterocycles. The van der Waals surface area contributed by atoms with Crippen molar-refractivity contribution >= 4 is 34.9 Å². The summed E-state index contributed by atoms with van der Waals surface area (Å²) in [5.74, 6) is -0.687. The SMILES string of the molecule is O=C(C=C(O)c1nc[nH]n1)c1cocc1Sc1cccc(Cl)c1. The molecule has 2 heterocycles. The standard InChI is InChI=1S/C15H10ClN3O3S/c16-9-2-1-3-10(4-9)23-14-7-22-6-11(14)12(20)5-13(21)15-17-8-18-19-15/h1-8,21H,(H,17,18,19). The molecule has 0 saturated carbocycles. The lowest BCUT2D eigenvalue weighted by molar-refractivity contribution is 0.104. The maximum atomic E-state index is 12.3. The Balaban J connectivity index is 1.83. The molecule has 116 valence electrons. The first-order chi connectivity index (χ1) is 11.1. The molecular weight excluding hydrogens is 338 g/mol. The lowest BCUT2D eigenvalue weighted by atomic mass is 10.2. The molecule has 3 aromatic rings. The Morgan fingerprint density at radius 1 is 1.39 bits per heavy atom. The van der Waals surface area contributed by atoms with Gasteiger partial charge in [0, 0.05) is 16.0 Å². The van der Waals surface area contributed by atoms with Gasteiger partial charge in [0.15, 0.2) is 11.5 Å². The second kappa shape index (κ2) is 6.72. The van der Waals surface area contributed by atoms with Crippen molar-refractivity contribution in [3.63, 3.8) is 0 Å². The number of allylic oxidation sites excluding steroid dienone is 1. The zero-order chi connectivity index (χ0) is 16.2. The van der Waals surface area contributed by atoms with Crippen molar-refractivity contribution in [3.05, 3.63) is 65.6 Å². The molecule has 0 bridgehead atoms. The summed E-state index contributed by atoms with van der Waals surface area (Å²) in [4.78, 5) is 17.5. The van der Waals surface area contributed by atoms with Crippen LogP contribution in [0.2, 0.25) is 5.02 Å². The van der Waals surface area contributed by atoms with Gasteiger partial charge in [-0.3, -0.25) is 9.89 Å². The summed E-state index contributed by atoms with van der Waals surface area (Å²) in [5, 5.41) is 16.6. The lowest BCUT2D eigenvalue weighted by Crippen LogP contribution is -1.97. The molecule has 6 nitrogen and oxygen atoms in total. The van der Waals surface area contributed by atoms with E-state index in [4.69, 9.17) is 16.0 Å². The normalized spacial score (nSPS) is 11.6. The Labute approximate surface area is 140 Å². The van der Waals surface area contributed by atoms with Crippen molar-refractivity contribution in [1.29, 1.82) is 0 Å². The molecule has 0 aliphatic rings. The van der Waals surface area contributed by atoms with Gasteiger partial charge in [-0.15, -0.1) is 0 Å². The van der Waals surface area contributed by atoms with Gasteiger partial charge in [0.1, 0.15) is 18.9 Å². The summed E-state index contributed by atoms with van der Waals surface area (Å²) in [6.07, 6.45) is 5.16. The van der Waals surface area contributed by atoms with Gasteiger partial charge in [-0.25, -0.2) is 4.98 Å². The highest BCUT2D eigenvalue weighted by atomic mass is 35.5. The molecule has 1 aromatic carbocycles. The number of H-pyrrole nitrogens is 1. The molecule has 8 heteroatoms. The van der Waals surface area contributed by atoms with E-state index in [1.54, 1.807) is 12.1 Å². The summed E-state index contributed by atoms with van der Waals surface area (Å²) in [7, 11) is 0. The number of carbonyl (C=O) groups is 1. The number of furan rings is 1. The van der Waals surface area contributed by atoms with Crippen molar-refractivity contribution in [2.75, 3.05) is 0 Å². The summed E-state index contributed by atoms with van der Waals surface area (Å²) in [5.41, 5.74) is 0.331. The second-order valence-electron chi connectivity index (χ2n) is 4.43. The van der Waals surface area contributed by atoms with Crippen LogP contribution in [0.25, 0.3) is 5.76 Å². The van der Waals surface area contributed by atoms with E-state index in [1.807, 2.05) is 12.1 Å². The van der Waals surface area contributed by atoms with Crippen LogP contribution in [0.1, 0.15) is 16.2 Å². The Morgan fingerprint density at radius 3 is 3.00 bits per heavy atom. The number of aliphatic hydroxyl groups excluding tert-OH is 1. The molecule has 0 aliphatic carbocycles. The third-order valence-electron chi connectivity index (χ3n) is 2.83. The number of nitrogens with zero attached hydrogens (tertiary/aromatic N) is 2. The molecule has 3 rings (SSSR count). The van der Waals surface area contributed by atoms with Gasteiger partial charge >= 0.3 is 0 Å². The molecule has 0 saturated heterocycles. The summed E-state index contributed by atoms with van der Waals surface area (Å²) < 4.78 is 5.12. The maximum Gasteiger partial charge on any atom is 0.215 e. The van der Waals surface area contributed by atoms with E-state index in [0.29, 0.717) is 15.5 Å². The molecule has 0 radical (unpaired) electrons. The van der Waals surface area contributed by atoms with Crippen LogP contribution >= 0.6 is 23.4 Å². The van der Waals surface area contributed by atoms with E-state index in [9.17, 15) is 9.90 Å². The topological polar surface area (TPSA) is 92.0 Å². The van der Waals surface area contributed by atoms with Crippen molar-refractivity contribution in [2.24, 2.45) is 0 Å². The molecule has 0 atom stereocenters. The van der Waals surface area contributed by atoms with Gasteiger partial charge in [0.2, 0.25) is 5.82 Å². The smallest absolute Gasteiger partial charge is 0.215 e.